The SMILES string of the molecule is CCCCS(=O)(=O)CCCNC(C)C. The average molecular weight is 221 g/mol. The topological polar surface area (TPSA) is 46.2 Å². The van der Waals surface area contributed by atoms with Crippen molar-refractivity contribution in [2.75, 3.05) is 18.1 Å². The van der Waals surface area contributed by atoms with Crippen molar-refractivity contribution in [3.05, 3.63) is 0 Å². The molecule has 0 aromatic heterocycles. The van der Waals surface area contributed by atoms with Gasteiger partial charge in [-0.2, -0.15) is 0 Å². The van der Waals surface area contributed by atoms with Crippen LogP contribution in [0.25, 0.3) is 0 Å². The molecule has 0 saturated heterocycles. The lowest BCUT2D eigenvalue weighted by Gasteiger charge is -2.07. The Balaban J connectivity index is 3.56. The second-order valence-corrected chi connectivity index (χ2v) is 6.27. The smallest absolute Gasteiger partial charge is 0.150 e. The molecule has 0 aromatic rings. The standard InChI is InChI=1S/C10H23NO2S/c1-4-5-8-14(12,13)9-6-7-11-10(2)3/h10-11H,4-9H2,1-3H3. The summed E-state index contributed by atoms with van der Waals surface area (Å²) in [4.78, 5) is 0. The molecule has 0 heterocycles. The van der Waals surface area contributed by atoms with E-state index in [4.69, 9.17) is 0 Å². The fourth-order valence-electron chi connectivity index (χ4n) is 1.15. The van der Waals surface area contributed by atoms with Crippen LogP contribution in [0.3, 0.4) is 0 Å². The molecular formula is C10H23NO2S. The molecule has 0 radical (unpaired) electrons. The number of sulfone groups is 1. The summed E-state index contributed by atoms with van der Waals surface area (Å²) in [6.07, 6.45) is 2.47. The first-order valence-electron chi connectivity index (χ1n) is 5.41. The second-order valence-electron chi connectivity index (χ2n) is 3.97. The molecule has 0 aromatic carbocycles. The van der Waals surface area contributed by atoms with Gasteiger partial charge in [0.15, 0.2) is 0 Å². The van der Waals surface area contributed by atoms with Crippen molar-refractivity contribution in [3.8, 4) is 0 Å². The third-order valence-corrected chi connectivity index (χ3v) is 3.81. The van der Waals surface area contributed by atoms with Crippen LogP contribution in [-0.2, 0) is 9.84 Å². The van der Waals surface area contributed by atoms with Gasteiger partial charge < -0.3 is 5.32 Å². The minimum absolute atomic E-state index is 0.326. The first-order valence-corrected chi connectivity index (χ1v) is 7.24. The van der Waals surface area contributed by atoms with E-state index in [-0.39, 0.29) is 0 Å². The molecule has 0 fully saturated rings. The summed E-state index contributed by atoms with van der Waals surface area (Å²) in [6.45, 7) is 6.93. The van der Waals surface area contributed by atoms with Gasteiger partial charge in [0, 0.05) is 6.04 Å². The summed E-state index contributed by atoms with van der Waals surface area (Å²) in [5.41, 5.74) is 0. The van der Waals surface area contributed by atoms with E-state index in [0.29, 0.717) is 17.5 Å². The van der Waals surface area contributed by atoms with E-state index in [1.54, 1.807) is 0 Å². The number of unbranched alkanes of at least 4 members (excludes halogenated alkanes) is 1. The van der Waals surface area contributed by atoms with Crippen molar-refractivity contribution in [2.24, 2.45) is 0 Å². The summed E-state index contributed by atoms with van der Waals surface area (Å²) in [5, 5.41) is 3.21. The van der Waals surface area contributed by atoms with Crippen molar-refractivity contribution < 1.29 is 8.42 Å². The Hall–Kier alpha value is -0.0900. The average Bonchev–Trinajstić information content (AvgIpc) is 2.09. The van der Waals surface area contributed by atoms with Gasteiger partial charge in [0.25, 0.3) is 0 Å². The van der Waals surface area contributed by atoms with Crippen LogP contribution in [0, 0.1) is 0 Å². The number of hydrogen-bond acceptors (Lipinski definition) is 3. The highest BCUT2D eigenvalue weighted by molar-refractivity contribution is 7.91. The van der Waals surface area contributed by atoms with Gasteiger partial charge in [-0.25, -0.2) is 8.42 Å². The highest BCUT2D eigenvalue weighted by Gasteiger charge is 2.08. The summed E-state index contributed by atoms with van der Waals surface area (Å²) in [6, 6.07) is 0.438. The molecule has 0 atom stereocenters. The van der Waals surface area contributed by atoms with Crippen LogP contribution < -0.4 is 5.32 Å². The Morgan fingerprint density at radius 3 is 2.21 bits per heavy atom. The molecule has 0 aliphatic heterocycles. The van der Waals surface area contributed by atoms with Crippen molar-refractivity contribution in [3.63, 3.8) is 0 Å². The quantitative estimate of drug-likeness (QED) is 0.633. The summed E-state index contributed by atoms with van der Waals surface area (Å²) >= 11 is 0. The van der Waals surface area contributed by atoms with Gasteiger partial charge in [0.2, 0.25) is 0 Å². The van der Waals surface area contributed by atoms with E-state index < -0.39 is 9.84 Å². The number of hydrogen-bond donors (Lipinski definition) is 1. The van der Waals surface area contributed by atoms with Gasteiger partial charge in [-0.15, -0.1) is 0 Å². The van der Waals surface area contributed by atoms with Gasteiger partial charge in [0.1, 0.15) is 9.84 Å². The lowest BCUT2D eigenvalue weighted by atomic mass is 10.4. The zero-order valence-electron chi connectivity index (χ0n) is 9.54. The lowest BCUT2D eigenvalue weighted by molar-refractivity contribution is 0.567. The maximum atomic E-state index is 11.4. The van der Waals surface area contributed by atoms with E-state index in [0.717, 1.165) is 25.8 Å². The molecule has 0 saturated carbocycles. The molecule has 0 unspecified atom stereocenters. The normalized spacial score (nSPS) is 12.3. The number of rotatable bonds is 8. The highest BCUT2D eigenvalue weighted by Crippen LogP contribution is 1.98. The van der Waals surface area contributed by atoms with E-state index in [1.165, 1.54) is 0 Å². The Morgan fingerprint density at radius 2 is 1.71 bits per heavy atom. The van der Waals surface area contributed by atoms with E-state index >= 15 is 0 Å². The summed E-state index contributed by atoms with van der Waals surface area (Å²) < 4.78 is 22.8. The van der Waals surface area contributed by atoms with E-state index in [2.05, 4.69) is 19.2 Å². The largest absolute Gasteiger partial charge is 0.314 e. The van der Waals surface area contributed by atoms with Crippen LogP contribution in [0.15, 0.2) is 0 Å². The first-order chi connectivity index (χ1) is 6.48. The van der Waals surface area contributed by atoms with Crippen molar-refractivity contribution in [1.29, 1.82) is 0 Å². The fraction of sp³-hybridized carbons (Fsp3) is 1.00. The molecular weight excluding hydrogens is 198 g/mol. The third-order valence-electron chi connectivity index (χ3n) is 1.99. The Labute approximate surface area is 88.2 Å². The second kappa shape index (κ2) is 7.23. The zero-order valence-corrected chi connectivity index (χ0v) is 10.4. The molecule has 0 aliphatic carbocycles. The molecule has 0 aliphatic rings. The van der Waals surface area contributed by atoms with Crippen LogP contribution in [0.4, 0.5) is 0 Å². The van der Waals surface area contributed by atoms with Crippen molar-refractivity contribution in [1.82, 2.24) is 5.32 Å². The molecule has 0 amide bonds. The molecule has 3 nitrogen and oxygen atoms in total. The first kappa shape index (κ1) is 13.9. The van der Waals surface area contributed by atoms with Crippen LogP contribution in [0.1, 0.15) is 40.0 Å². The Bertz CT molecular complexity index is 222. The molecule has 0 bridgehead atoms. The maximum Gasteiger partial charge on any atom is 0.150 e. The number of nitrogens with one attached hydrogen (secondary N) is 1. The van der Waals surface area contributed by atoms with Gasteiger partial charge in [-0.3, -0.25) is 0 Å². The highest BCUT2D eigenvalue weighted by atomic mass is 32.2. The van der Waals surface area contributed by atoms with Crippen molar-refractivity contribution in [2.45, 2.75) is 46.1 Å². The minimum Gasteiger partial charge on any atom is -0.314 e. The van der Waals surface area contributed by atoms with E-state index in [9.17, 15) is 8.42 Å². The minimum atomic E-state index is -2.78. The Morgan fingerprint density at radius 1 is 1.14 bits per heavy atom. The van der Waals surface area contributed by atoms with Gasteiger partial charge in [-0.05, 0) is 19.4 Å². The summed E-state index contributed by atoms with van der Waals surface area (Å²) in [7, 11) is -2.78. The summed E-state index contributed by atoms with van der Waals surface area (Å²) in [5.74, 6) is 0.678. The third kappa shape index (κ3) is 8.51. The maximum absolute atomic E-state index is 11.4. The van der Waals surface area contributed by atoms with Crippen LogP contribution in [0.2, 0.25) is 0 Å². The molecule has 14 heavy (non-hydrogen) atoms. The monoisotopic (exact) mass is 221 g/mol. The molecule has 4 heteroatoms. The van der Waals surface area contributed by atoms with Crippen LogP contribution in [0.5, 0.6) is 0 Å². The van der Waals surface area contributed by atoms with Gasteiger partial charge >= 0.3 is 0 Å². The fourth-order valence-corrected chi connectivity index (χ4v) is 2.67. The van der Waals surface area contributed by atoms with Gasteiger partial charge in [-0.1, -0.05) is 27.2 Å². The molecule has 0 rings (SSSR count). The Kier molecular flexibility index (Phi) is 7.19. The van der Waals surface area contributed by atoms with Crippen molar-refractivity contribution >= 4 is 9.84 Å². The lowest BCUT2D eigenvalue weighted by Crippen LogP contribution is -2.25. The molecule has 1 N–H and O–H groups in total. The molecule has 86 valence electrons. The van der Waals surface area contributed by atoms with Gasteiger partial charge in [0.05, 0.1) is 11.5 Å². The predicted molar refractivity (Wildman–Crippen MR) is 61.3 cm³/mol. The van der Waals surface area contributed by atoms with E-state index in [1.807, 2.05) is 6.92 Å². The van der Waals surface area contributed by atoms with Crippen LogP contribution in [-0.4, -0.2) is 32.5 Å². The predicted octanol–water partition coefficient (Wildman–Crippen LogP) is 1.59. The zero-order chi connectivity index (χ0) is 11.0. The molecule has 0 spiro atoms. The van der Waals surface area contributed by atoms with Crippen LogP contribution >= 0.6 is 0 Å².